The van der Waals surface area contributed by atoms with Crippen molar-refractivity contribution in [2.24, 2.45) is 0 Å². The average Bonchev–Trinajstić information content (AvgIpc) is 3.26. The number of aromatic nitrogens is 4. The van der Waals surface area contributed by atoms with E-state index in [1.165, 1.54) is 11.8 Å². The van der Waals surface area contributed by atoms with Crippen LogP contribution in [0.5, 0.6) is 0 Å². The maximum absolute atomic E-state index is 12.2. The van der Waals surface area contributed by atoms with Crippen molar-refractivity contribution in [3.63, 3.8) is 0 Å². The van der Waals surface area contributed by atoms with Crippen molar-refractivity contribution in [1.29, 1.82) is 0 Å². The van der Waals surface area contributed by atoms with Gasteiger partial charge >= 0.3 is 0 Å². The monoisotopic (exact) mass is 343 g/mol. The van der Waals surface area contributed by atoms with Crippen LogP contribution in [0.4, 0.5) is 0 Å². The summed E-state index contributed by atoms with van der Waals surface area (Å²) in [7, 11) is 0. The van der Waals surface area contributed by atoms with Crippen LogP contribution in [0.3, 0.4) is 0 Å². The Morgan fingerprint density at radius 3 is 2.88 bits per heavy atom. The molecule has 0 spiro atoms. The summed E-state index contributed by atoms with van der Waals surface area (Å²) in [6, 6.07) is 13.5. The fourth-order valence-electron chi connectivity index (χ4n) is 2.07. The first-order valence-corrected chi connectivity index (χ1v) is 8.37. The first kappa shape index (κ1) is 16.3. The lowest BCUT2D eigenvalue weighted by Crippen LogP contribution is -2.30. The van der Waals surface area contributed by atoms with Crippen LogP contribution in [-0.4, -0.2) is 31.4 Å². The molecule has 7 nitrogen and oxygen atoms in total. The number of furan rings is 1. The molecule has 3 rings (SSSR count). The van der Waals surface area contributed by atoms with Crippen LogP contribution in [-0.2, 0) is 17.9 Å². The summed E-state index contributed by atoms with van der Waals surface area (Å²) in [5, 5.41) is 14.8. The Morgan fingerprint density at radius 2 is 2.12 bits per heavy atom. The van der Waals surface area contributed by atoms with E-state index in [1.807, 2.05) is 49.4 Å². The minimum absolute atomic E-state index is 0.0589. The molecule has 0 unspecified atom stereocenters. The third-order valence-electron chi connectivity index (χ3n) is 3.35. The van der Waals surface area contributed by atoms with Gasteiger partial charge in [0.05, 0.1) is 11.5 Å². The summed E-state index contributed by atoms with van der Waals surface area (Å²) >= 11 is 1.32. The second-order valence-corrected chi connectivity index (χ2v) is 6.47. The molecule has 1 atom stereocenters. The number of amides is 1. The van der Waals surface area contributed by atoms with Crippen molar-refractivity contribution in [1.82, 2.24) is 25.5 Å². The number of thioether (sulfide) groups is 1. The summed E-state index contributed by atoms with van der Waals surface area (Å²) < 4.78 is 6.91. The third kappa shape index (κ3) is 4.23. The van der Waals surface area contributed by atoms with Crippen molar-refractivity contribution in [3.8, 4) is 0 Å². The molecule has 1 aromatic carbocycles. The molecule has 0 aliphatic rings. The predicted molar refractivity (Wildman–Crippen MR) is 89.2 cm³/mol. The van der Waals surface area contributed by atoms with Gasteiger partial charge in [-0.3, -0.25) is 4.79 Å². The number of carbonyl (C=O) groups excluding carboxylic acids is 1. The molecule has 0 aliphatic heterocycles. The highest BCUT2D eigenvalue weighted by Crippen LogP contribution is 2.21. The van der Waals surface area contributed by atoms with E-state index < -0.39 is 0 Å². The number of carbonyl (C=O) groups is 1. The van der Waals surface area contributed by atoms with Gasteiger partial charge in [0, 0.05) is 6.54 Å². The Labute approximate surface area is 143 Å². The van der Waals surface area contributed by atoms with Gasteiger partial charge in [-0.2, -0.15) is 0 Å². The molecule has 3 aromatic rings. The molecule has 0 fully saturated rings. The summed E-state index contributed by atoms with van der Waals surface area (Å²) in [6.07, 6.45) is 1.60. The molecule has 124 valence electrons. The first-order chi connectivity index (χ1) is 11.7. The molecule has 0 saturated heterocycles. The summed E-state index contributed by atoms with van der Waals surface area (Å²) in [5.74, 6) is 0.696. The van der Waals surface area contributed by atoms with Crippen LogP contribution >= 0.6 is 11.8 Å². The Balaban J connectivity index is 1.55. The summed E-state index contributed by atoms with van der Waals surface area (Å²) in [6.45, 7) is 2.76. The highest BCUT2D eigenvalue weighted by Gasteiger charge is 2.18. The van der Waals surface area contributed by atoms with E-state index >= 15 is 0 Å². The molecule has 1 N–H and O–H groups in total. The molecule has 24 heavy (non-hydrogen) atoms. The Morgan fingerprint density at radius 1 is 1.29 bits per heavy atom. The van der Waals surface area contributed by atoms with Gasteiger partial charge in [0.25, 0.3) is 0 Å². The highest BCUT2D eigenvalue weighted by atomic mass is 32.2. The summed E-state index contributed by atoms with van der Waals surface area (Å²) in [5.41, 5.74) is 1.06. The number of tetrazole rings is 1. The lowest BCUT2D eigenvalue weighted by Gasteiger charge is -2.11. The van der Waals surface area contributed by atoms with Crippen LogP contribution < -0.4 is 5.32 Å². The molecule has 2 heterocycles. The van der Waals surface area contributed by atoms with Gasteiger partial charge in [0.1, 0.15) is 12.3 Å². The standard InChI is InChI=1S/C16H17N5O2S/c1-12(15(22)17-10-13-6-3-2-4-7-13)24-16-18-19-20-21(16)11-14-8-5-9-23-14/h2-9,12H,10-11H2,1H3,(H,17,22)/t12-/m0/s1. The maximum atomic E-state index is 12.2. The number of hydrogen-bond donors (Lipinski definition) is 1. The average molecular weight is 343 g/mol. The molecule has 0 radical (unpaired) electrons. The zero-order valence-corrected chi connectivity index (χ0v) is 13.9. The van der Waals surface area contributed by atoms with Crippen molar-refractivity contribution in [2.45, 2.75) is 30.4 Å². The molecular formula is C16H17N5O2S. The van der Waals surface area contributed by atoms with E-state index in [1.54, 1.807) is 10.9 Å². The number of hydrogen-bond acceptors (Lipinski definition) is 6. The highest BCUT2D eigenvalue weighted by molar-refractivity contribution is 8.00. The van der Waals surface area contributed by atoms with Gasteiger partial charge in [-0.1, -0.05) is 42.1 Å². The quantitative estimate of drug-likeness (QED) is 0.661. The second-order valence-electron chi connectivity index (χ2n) is 5.16. The Kier molecular flexibility index (Phi) is 5.27. The maximum Gasteiger partial charge on any atom is 0.233 e. The van der Waals surface area contributed by atoms with E-state index in [2.05, 4.69) is 20.8 Å². The number of benzene rings is 1. The van der Waals surface area contributed by atoms with Crippen molar-refractivity contribution in [2.75, 3.05) is 0 Å². The minimum atomic E-state index is -0.310. The van der Waals surface area contributed by atoms with Gasteiger partial charge in [-0.15, -0.1) is 5.10 Å². The zero-order chi connectivity index (χ0) is 16.8. The van der Waals surface area contributed by atoms with E-state index in [0.29, 0.717) is 18.2 Å². The topological polar surface area (TPSA) is 85.8 Å². The normalized spacial score (nSPS) is 12.0. The van der Waals surface area contributed by atoms with E-state index in [9.17, 15) is 4.79 Å². The molecule has 0 bridgehead atoms. The zero-order valence-electron chi connectivity index (χ0n) is 13.1. The van der Waals surface area contributed by atoms with E-state index in [4.69, 9.17) is 4.42 Å². The van der Waals surface area contributed by atoms with Crippen LogP contribution in [0, 0.1) is 0 Å². The Bertz CT molecular complexity index is 773. The molecule has 0 aliphatic carbocycles. The van der Waals surface area contributed by atoms with Gasteiger partial charge in [0.15, 0.2) is 0 Å². The number of nitrogens with one attached hydrogen (secondary N) is 1. The molecule has 2 aromatic heterocycles. The molecule has 0 saturated carbocycles. The predicted octanol–water partition coefficient (Wildman–Crippen LogP) is 2.11. The smallest absolute Gasteiger partial charge is 0.233 e. The van der Waals surface area contributed by atoms with Crippen molar-refractivity contribution >= 4 is 17.7 Å². The Hall–Kier alpha value is -2.61. The van der Waals surface area contributed by atoms with E-state index in [-0.39, 0.29) is 11.2 Å². The van der Waals surface area contributed by atoms with Crippen molar-refractivity contribution < 1.29 is 9.21 Å². The summed E-state index contributed by atoms with van der Waals surface area (Å²) in [4.78, 5) is 12.2. The minimum Gasteiger partial charge on any atom is -0.467 e. The van der Waals surface area contributed by atoms with Crippen LogP contribution in [0.25, 0.3) is 0 Å². The third-order valence-corrected chi connectivity index (χ3v) is 4.42. The lowest BCUT2D eigenvalue weighted by molar-refractivity contribution is -0.120. The molecule has 8 heteroatoms. The largest absolute Gasteiger partial charge is 0.467 e. The fraction of sp³-hybridized carbons (Fsp3) is 0.250. The lowest BCUT2D eigenvalue weighted by atomic mass is 10.2. The van der Waals surface area contributed by atoms with Crippen LogP contribution in [0.1, 0.15) is 18.2 Å². The molecular weight excluding hydrogens is 326 g/mol. The van der Waals surface area contributed by atoms with Gasteiger partial charge < -0.3 is 9.73 Å². The number of rotatable bonds is 7. The van der Waals surface area contributed by atoms with Crippen molar-refractivity contribution in [3.05, 3.63) is 60.1 Å². The molecule has 1 amide bonds. The van der Waals surface area contributed by atoms with E-state index in [0.717, 1.165) is 11.3 Å². The van der Waals surface area contributed by atoms with Gasteiger partial charge in [-0.25, -0.2) is 4.68 Å². The first-order valence-electron chi connectivity index (χ1n) is 7.49. The second kappa shape index (κ2) is 7.78. The van der Waals surface area contributed by atoms with Crippen LogP contribution in [0.15, 0.2) is 58.3 Å². The SMILES string of the molecule is C[C@H](Sc1nnnn1Cc1ccco1)C(=O)NCc1ccccc1. The van der Waals surface area contributed by atoms with Gasteiger partial charge in [-0.05, 0) is 35.0 Å². The van der Waals surface area contributed by atoms with Crippen LogP contribution in [0.2, 0.25) is 0 Å². The number of nitrogens with zero attached hydrogens (tertiary/aromatic N) is 4. The fourth-order valence-corrected chi connectivity index (χ4v) is 2.88. The van der Waals surface area contributed by atoms with Gasteiger partial charge in [0.2, 0.25) is 11.1 Å².